The molecule has 0 fully saturated rings. The second-order valence-electron chi connectivity index (χ2n) is 3.60. The fourth-order valence-electron chi connectivity index (χ4n) is 0.406. The lowest BCUT2D eigenvalue weighted by molar-refractivity contribution is 0.468. The Morgan fingerprint density at radius 1 is 1.42 bits per heavy atom. The van der Waals surface area contributed by atoms with E-state index >= 15 is 0 Å². The minimum atomic E-state index is -3.33. The van der Waals surface area contributed by atoms with E-state index in [2.05, 4.69) is 4.72 Å². The summed E-state index contributed by atoms with van der Waals surface area (Å²) < 4.78 is 25.8. The van der Waals surface area contributed by atoms with Gasteiger partial charge in [0.2, 0.25) is 0 Å². The van der Waals surface area contributed by atoms with E-state index in [0.29, 0.717) is 0 Å². The molecule has 0 spiro atoms. The molecule has 6 heteroatoms. The zero-order valence-corrected chi connectivity index (χ0v) is 8.77. The number of rotatable bonds is 4. The van der Waals surface area contributed by atoms with Crippen molar-refractivity contribution in [1.29, 1.82) is 0 Å². The van der Waals surface area contributed by atoms with Crippen molar-refractivity contribution in [1.82, 2.24) is 9.03 Å². The third-order valence-electron chi connectivity index (χ3n) is 1.19. The van der Waals surface area contributed by atoms with Crippen LogP contribution in [0.2, 0.25) is 0 Å². The molecular weight excluding hydrogens is 178 g/mol. The molecule has 0 aromatic heterocycles. The van der Waals surface area contributed by atoms with Gasteiger partial charge in [0.15, 0.2) is 0 Å². The first-order valence-corrected chi connectivity index (χ1v) is 5.05. The van der Waals surface area contributed by atoms with Crippen molar-refractivity contribution in [2.45, 2.75) is 19.4 Å². The van der Waals surface area contributed by atoms with Crippen molar-refractivity contribution in [2.24, 2.45) is 5.73 Å². The predicted molar refractivity (Wildman–Crippen MR) is 48.9 cm³/mol. The molecule has 0 radical (unpaired) electrons. The minimum Gasteiger partial charge on any atom is -0.324 e. The predicted octanol–water partition coefficient (Wildman–Crippen LogP) is -0.880. The minimum absolute atomic E-state index is 0.230. The average Bonchev–Trinajstić information content (AvgIpc) is 1.82. The van der Waals surface area contributed by atoms with Gasteiger partial charge in [-0.15, -0.1) is 0 Å². The number of hydrogen-bond acceptors (Lipinski definition) is 3. The molecule has 0 aliphatic heterocycles. The summed E-state index contributed by atoms with van der Waals surface area (Å²) in [5.41, 5.74) is 5.07. The van der Waals surface area contributed by atoms with Gasteiger partial charge in [0.25, 0.3) is 10.2 Å². The third kappa shape index (κ3) is 4.66. The smallest absolute Gasteiger partial charge is 0.278 e. The molecule has 0 rings (SSSR count). The molecule has 0 aromatic carbocycles. The van der Waals surface area contributed by atoms with E-state index in [1.54, 1.807) is 13.8 Å². The molecule has 12 heavy (non-hydrogen) atoms. The van der Waals surface area contributed by atoms with Gasteiger partial charge in [0.1, 0.15) is 0 Å². The standard InChI is InChI=1S/C6H17N3O2S/c1-6(2,7)5-8-12(10,11)9(3)4/h8H,5,7H2,1-4H3. The highest BCUT2D eigenvalue weighted by Crippen LogP contribution is 1.96. The molecule has 0 heterocycles. The van der Waals surface area contributed by atoms with Crippen molar-refractivity contribution in [2.75, 3.05) is 20.6 Å². The van der Waals surface area contributed by atoms with Crippen molar-refractivity contribution in [3.8, 4) is 0 Å². The molecule has 0 aliphatic rings. The maximum atomic E-state index is 11.1. The fraction of sp³-hybridized carbons (Fsp3) is 1.00. The maximum Gasteiger partial charge on any atom is 0.278 e. The van der Waals surface area contributed by atoms with E-state index < -0.39 is 15.7 Å². The average molecular weight is 195 g/mol. The van der Waals surface area contributed by atoms with Gasteiger partial charge in [0.05, 0.1) is 0 Å². The summed E-state index contributed by atoms with van der Waals surface area (Å²) in [6, 6.07) is 0. The van der Waals surface area contributed by atoms with Gasteiger partial charge in [-0.3, -0.25) is 0 Å². The van der Waals surface area contributed by atoms with Crippen LogP contribution in [0, 0.1) is 0 Å². The highest BCUT2D eigenvalue weighted by Gasteiger charge is 2.17. The van der Waals surface area contributed by atoms with Crippen LogP contribution in [0.4, 0.5) is 0 Å². The normalized spacial score (nSPS) is 13.8. The first-order valence-electron chi connectivity index (χ1n) is 3.61. The highest BCUT2D eigenvalue weighted by atomic mass is 32.2. The van der Waals surface area contributed by atoms with E-state index in [1.807, 2.05) is 0 Å². The van der Waals surface area contributed by atoms with Crippen LogP contribution >= 0.6 is 0 Å². The van der Waals surface area contributed by atoms with Crippen molar-refractivity contribution in [3.63, 3.8) is 0 Å². The van der Waals surface area contributed by atoms with E-state index in [4.69, 9.17) is 5.73 Å². The van der Waals surface area contributed by atoms with E-state index in [-0.39, 0.29) is 6.54 Å². The zero-order chi connectivity index (χ0) is 9.99. The summed E-state index contributed by atoms with van der Waals surface area (Å²) in [6.07, 6.45) is 0. The molecule has 0 saturated heterocycles. The van der Waals surface area contributed by atoms with Gasteiger partial charge < -0.3 is 5.73 Å². The van der Waals surface area contributed by atoms with E-state index in [9.17, 15) is 8.42 Å². The lowest BCUT2D eigenvalue weighted by atomic mass is 10.1. The molecule has 0 aliphatic carbocycles. The number of hydrogen-bond donors (Lipinski definition) is 2. The summed E-state index contributed by atoms with van der Waals surface area (Å²) in [5.74, 6) is 0. The Labute approximate surface area is 74.1 Å². The Hall–Kier alpha value is -0.170. The van der Waals surface area contributed by atoms with E-state index in [1.165, 1.54) is 14.1 Å². The Balaban J connectivity index is 4.12. The highest BCUT2D eigenvalue weighted by molar-refractivity contribution is 7.87. The van der Waals surface area contributed by atoms with Gasteiger partial charge in [-0.1, -0.05) is 0 Å². The van der Waals surface area contributed by atoms with Crippen LogP contribution in [0.3, 0.4) is 0 Å². The summed E-state index contributed by atoms with van der Waals surface area (Å²) >= 11 is 0. The second kappa shape index (κ2) is 3.69. The van der Waals surface area contributed by atoms with Gasteiger partial charge in [0, 0.05) is 26.2 Å². The van der Waals surface area contributed by atoms with Crippen LogP contribution in [0.1, 0.15) is 13.8 Å². The van der Waals surface area contributed by atoms with E-state index in [0.717, 1.165) is 4.31 Å². The van der Waals surface area contributed by atoms with Crippen LogP contribution in [-0.2, 0) is 10.2 Å². The SMILES string of the molecule is CN(C)S(=O)(=O)NCC(C)(C)N. The van der Waals surface area contributed by atoms with Crippen molar-refractivity contribution in [3.05, 3.63) is 0 Å². The largest absolute Gasteiger partial charge is 0.324 e. The van der Waals surface area contributed by atoms with Gasteiger partial charge in [-0.2, -0.15) is 12.7 Å². The fourth-order valence-corrected chi connectivity index (χ4v) is 1.22. The Morgan fingerprint density at radius 3 is 2.08 bits per heavy atom. The maximum absolute atomic E-state index is 11.1. The molecule has 0 bridgehead atoms. The summed E-state index contributed by atoms with van der Waals surface area (Å²) in [4.78, 5) is 0. The lowest BCUT2D eigenvalue weighted by Gasteiger charge is -2.20. The monoisotopic (exact) mass is 195 g/mol. The lowest BCUT2D eigenvalue weighted by Crippen LogP contribution is -2.47. The first kappa shape index (κ1) is 11.8. The summed E-state index contributed by atoms with van der Waals surface area (Å²) in [7, 11) is -0.400. The second-order valence-corrected chi connectivity index (χ2v) is 5.57. The van der Waals surface area contributed by atoms with Gasteiger partial charge >= 0.3 is 0 Å². The van der Waals surface area contributed by atoms with Crippen molar-refractivity contribution >= 4 is 10.2 Å². The Morgan fingerprint density at radius 2 is 1.83 bits per heavy atom. The van der Waals surface area contributed by atoms with Crippen LogP contribution in [0.25, 0.3) is 0 Å². The van der Waals surface area contributed by atoms with Crippen LogP contribution in [-0.4, -0.2) is 38.9 Å². The Kier molecular flexibility index (Phi) is 3.64. The molecule has 3 N–H and O–H groups in total. The molecule has 0 unspecified atom stereocenters. The molecule has 0 saturated carbocycles. The van der Waals surface area contributed by atoms with Crippen LogP contribution in [0.15, 0.2) is 0 Å². The van der Waals surface area contributed by atoms with Gasteiger partial charge in [-0.05, 0) is 13.8 Å². The number of nitrogens with zero attached hydrogens (tertiary/aromatic N) is 1. The third-order valence-corrected chi connectivity index (χ3v) is 2.66. The quantitative estimate of drug-likeness (QED) is 0.611. The topological polar surface area (TPSA) is 75.4 Å². The molecule has 74 valence electrons. The first-order chi connectivity index (χ1) is 5.15. The number of nitrogens with two attached hydrogens (primary N) is 1. The molecule has 0 amide bonds. The van der Waals surface area contributed by atoms with Crippen LogP contribution in [0.5, 0.6) is 0 Å². The molecule has 0 aromatic rings. The summed E-state index contributed by atoms with van der Waals surface area (Å²) in [5, 5.41) is 0. The van der Waals surface area contributed by atoms with Crippen molar-refractivity contribution < 1.29 is 8.42 Å². The Bertz CT molecular complexity index is 228. The number of nitrogens with one attached hydrogen (secondary N) is 1. The molecular formula is C6H17N3O2S. The summed E-state index contributed by atoms with van der Waals surface area (Å²) in [6.45, 7) is 3.74. The molecule has 0 atom stereocenters. The van der Waals surface area contributed by atoms with Crippen LogP contribution < -0.4 is 10.5 Å². The van der Waals surface area contributed by atoms with Gasteiger partial charge in [-0.25, -0.2) is 4.72 Å². The zero-order valence-electron chi connectivity index (χ0n) is 7.96. The molecule has 5 nitrogen and oxygen atoms in total.